The number of morpholine rings is 1. The van der Waals surface area contributed by atoms with E-state index in [1.165, 1.54) is 5.69 Å². The number of aromatic nitrogens is 3. The second-order valence-corrected chi connectivity index (χ2v) is 8.60. The molecule has 172 valence electrons. The largest absolute Gasteiger partial charge is 0.378 e. The van der Waals surface area contributed by atoms with Gasteiger partial charge >= 0.3 is 6.03 Å². The maximum absolute atomic E-state index is 11.6. The van der Waals surface area contributed by atoms with E-state index >= 15 is 0 Å². The number of carbonyl (C=O) groups is 1. The second-order valence-electron chi connectivity index (χ2n) is 8.60. The number of benzene rings is 1. The first-order chi connectivity index (χ1) is 16.2. The molecule has 0 unspecified atom stereocenters. The van der Waals surface area contributed by atoms with Gasteiger partial charge in [-0.1, -0.05) is 12.1 Å². The van der Waals surface area contributed by atoms with Gasteiger partial charge < -0.3 is 25.6 Å². The lowest BCUT2D eigenvalue weighted by Gasteiger charge is -2.31. The second kappa shape index (κ2) is 9.58. The summed E-state index contributed by atoms with van der Waals surface area (Å²) in [6.45, 7) is 5.43. The lowest BCUT2D eigenvalue weighted by atomic mass is 9.98. The van der Waals surface area contributed by atoms with Crippen molar-refractivity contribution in [3.05, 3.63) is 42.7 Å². The molecule has 2 saturated heterocycles. The van der Waals surface area contributed by atoms with Crippen molar-refractivity contribution in [2.45, 2.75) is 12.8 Å². The standard InChI is InChI=1S/C24H29N7O2/c25-24(32)31-9-1-2-17(16-31)15-28-23-22-21(26-7-8-27-22)14-20(29-23)18-3-5-19(6-4-18)30-10-12-33-13-11-30/h3-8,14,17H,1-2,9-13,15-16H2,(H2,25,32)(H,28,29)/t17-/m0/s1. The maximum Gasteiger partial charge on any atom is 0.314 e. The van der Waals surface area contributed by atoms with Gasteiger partial charge in [0.2, 0.25) is 0 Å². The number of piperidine rings is 1. The zero-order valence-electron chi connectivity index (χ0n) is 18.6. The molecule has 1 aromatic carbocycles. The van der Waals surface area contributed by atoms with Gasteiger partial charge in [-0.25, -0.2) is 14.8 Å². The van der Waals surface area contributed by atoms with Crippen molar-refractivity contribution >= 4 is 28.6 Å². The first-order valence-electron chi connectivity index (χ1n) is 11.5. The van der Waals surface area contributed by atoms with Crippen LogP contribution in [0.4, 0.5) is 16.3 Å². The lowest BCUT2D eigenvalue weighted by molar-refractivity contribution is 0.122. The molecule has 0 radical (unpaired) electrons. The van der Waals surface area contributed by atoms with Crippen molar-refractivity contribution in [2.24, 2.45) is 11.7 Å². The van der Waals surface area contributed by atoms with Crippen LogP contribution in [0.5, 0.6) is 0 Å². The molecular weight excluding hydrogens is 418 g/mol. The number of amides is 2. The van der Waals surface area contributed by atoms with Crippen LogP contribution in [0.2, 0.25) is 0 Å². The summed E-state index contributed by atoms with van der Waals surface area (Å²) in [4.78, 5) is 29.5. The summed E-state index contributed by atoms with van der Waals surface area (Å²) in [6.07, 6.45) is 5.38. The van der Waals surface area contributed by atoms with Gasteiger partial charge in [-0.15, -0.1) is 0 Å². The third-order valence-electron chi connectivity index (χ3n) is 6.38. The Balaban J connectivity index is 1.37. The highest BCUT2D eigenvalue weighted by Crippen LogP contribution is 2.28. The third kappa shape index (κ3) is 4.83. The van der Waals surface area contributed by atoms with Gasteiger partial charge in [-0.2, -0.15) is 0 Å². The van der Waals surface area contributed by atoms with E-state index in [0.29, 0.717) is 24.8 Å². The minimum Gasteiger partial charge on any atom is -0.378 e. The Morgan fingerprint density at radius 2 is 1.91 bits per heavy atom. The molecule has 0 spiro atoms. The number of pyridine rings is 1. The molecule has 1 atom stereocenters. The number of carbonyl (C=O) groups excluding carboxylic acids is 1. The summed E-state index contributed by atoms with van der Waals surface area (Å²) in [6, 6.07) is 10.1. The van der Waals surface area contributed by atoms with E-state index in [1.807, 2.05) is 6.07 Å². The fraction of sp³-hybridized carbons (Fsp3) is 0.417. The summed E-state index contributed by atoms with van der Waals surface area (Å²) >= 11 is 0. The van der Waals surface area contributed by atoms with E-state index in [9.17, 15) is 4.79 Å². The maximum atomic E-state index is 11.6. The molecule has 0 aliphatic carbocycles. The summed E-state index contributed by atoms with van der Waals surface area (Å²) < 4.78 is 5.46. The number of rotatable bonds is 5. The number of anilines is 2. The van der Waals surface area contributed by atoms with Crippen molar-refractivity contribution in [1.82, 2.24) is 19.9 Å². The Morgan fingerprint density at radius 3 is 2.70 bits per heavy atom. The van der Waals surface area contributed by atoms with Gasteiger partial charge in [-0.05, 0) is 37.0 Å². The number of nitrogens with two attached hydrogens (primary N) is 1. The first kappa shape index (κ1) is 21.4. The molecule has 5 rings (SSSR count). The quantitative estimate of drug-likeness (QED) is 0.619. The first-order valence-corrected chi connectivity index (χ1v) is 11.5. The average Bonchev–Trinajstić information content (AvgIpc) is 2.88. The number of hydrogen-bond donors (Lipinski definition) is 2. The molecular formula is C24H29N7O2. The molecule has 4 heterocycles. The van der Waals surface area contributed by atoms with Crippen LogP contribution >= 0.6 is 0 Å². The zero-order chi connectivity index (χ0) is 22.6. The molecule has 3 N–H and O–H groups in total. The fourth-order valence-electron chi connectivity index (χ4n) is 4.58. The molecule has 33 heavy (non-hydrogen) atoms. The predicted molar refractivity (Wildman–Crippen MR) is 128 cm³/mol. The number of fused-ring (bicyclic) bond motifs is 1. The predicted octanol–water partition coefficient (Wildman–Crippen LogP) is 2.73. The van der Waals surface area contributed by atoms with E-state index in [-0.39, 0.29) is 6.03 Å². The highest BCUT2D eigenvalue weighted by Gasteiger charge is 2.22. The molecule has 3 aromatic rings. The van der Waals surface area contributed by atoms with Crippen LogP contribution in [0.15, 0.2) is 42.7 Å². The number of likely N-dealkylation sites (tertiary alicyclic amines) is 1. The summed E-state index contributed by atoms with van der Waals surface area (Å²) in [7, 11) is 0. The van der Waals surface area contributed by atoms with E-state index < -0.39 is 0 Å². The molecule has 0 saturated carbocycles. The van der Waals surface area contributed by atoms with Gasteiger partial charge in [0, 0.05) is 56.4 Å². The minimum atomic E-state index is -0.350. The Morgan fingerprint density at radius 1 is 1.12 bits per heavy atom. The van der Waals surface area contributed by atoms with Crippen LogP contribution < -0.4 is 16.0 Å². The molecule has 2 fully saturated rings. The van der Waals surface area contributed by atoms with Gasteiger partial charge in [0.15, 0.2) is 5.82 Å². The Hall–Kier alpha value is -3.46. The number of primary amides is 1. The highest BCUT2D eigenvalue weighted by atomic mass is 16.5. The molecule has 9 heteroatoms. The van der Waals surface area contributed by atoms with Crippen LogP contribution in [0, 0.1) is 5.92 Å². The number of urea groups is 1. The van der Waals surface area contributed by atoms with Crippen LogP contribution in [0.25, 0.3) is 22.3 Å². The molecule has 2 aliphatic rings. The van der Waals surface area contributed by atoms with Crippen LogP contribution in [0.3, 0.4) is 0 Å². The van der Waals surface area contributed by atoms with Gasteiger partial charge in [0.1, 0.15) is 5.52 Å². The van der Waals surface area contributed by atoms with Gasteiger partial charge in [-0.3, -0.25) is 4.98 Å². The van der Waals surface area contributed by atoms with Gasteiger partial charge in [0.25, 0.3) is 0 Å². The van der Waals surface area contributed by atoms with E-state index in [0.717, 1.165) is 68.0 Å². The minimum absolute atomic E-state index is 0.316. The number of hydrogen-bond acceptors (Lipinski definition) is 7. The third-order valence-corrected chi connectivity index (χ3v) is 6.38. The summed E-state index contributed by atoms with van der Waals surface area (Å²) in [5.41, 5.74) is 10.1. The molecule has 2 aromatic heterocycles. The topological polar surface area (TPSA) is 110 Å². The van der Waals surface area contributed by atoms with Crippen molar-refractivity contribution in [3.8, 4) is 11.3 Å². The van der Waals surface area contributed by atoms with Gasteiger partial charge in [0.05, 0.1) is 24.4 Å². The average molecular weight is 448 g/mol. The Labute approximate surface area is 193 Å². The number of nitrogens with zero attached hydrogens (tertiary/aromatic N) is 5. The molecule has 9 nitrogen and oxygen atoms in total. The van der Waals surface area contributed by atoms with E-state index in [2.05, 4.69) is 44.5 Å². The summed E-state index contributed by atoms with van der Waals surface area (Å²) in [5, 5.41) is 3.48. The number of nitrogens with one attached hydrogen (secondary N) is 1. The fourth-order valence-corrected chi connectivity index (χ4v) is 4.58. The Kier molecular flexibility index (Phi) is 6.21. The smallest absolute Gasteiger partial charge is 0.314 e. The molecule has 2 aliphatic heterocycles. The van der Waals surface area contributed by atoms with Crippen LogP contribution in [-0.2, 0) is 4.74 Å². The van der Waals surface area contributed by atoms with Crippen molar-refractivity contribution in [1.29, 1.82) is 0 Å². The highest BCUT2D eigenvalue weighted by molar-refractivity contribution is 5.88. The zero-order valence-corrected chi connectivity index (χ0v) is 18.6. The lowest BCUT2D eigenvalue weighted by Crippen LogP contribution is -2.44. The van der Waals surface area contributed by atoms with Crippen molar-refractivity contribution in [3.63, 3.8) is 0 Å². The van der Waals surface area contributed by atoms with E-state index in [1.54, 1.807) is 17.3 Å². The van der Waals surface area contributed by atoms with E-state index in [4.69, 9.17) is 15.5 Å². The monoisotopic (exact) mass is 447 g/mol. The number of ether oxygens (including phenoxy) is 1. The van der Waals surface area contributed by atoms with Crippen LogP contribution in [-0.4, -0.2) is 71.8 Å². The Bertz CT molecular complexity index is 1120. The van der Waals surface area contributed by atoms with Crippen molar-refractivity contribution in [2.75, 3.05) is 56.2 Å². The molecule has 2 amide bonds. The summed E-state index contributed by atoms with van der Waals surface area (Å²) in [5.74, 6) is 1.03. The van der Waals surface area contributed by atoms with Crippen molar-refractivity contribution < 1.29 is 9.53 Å². The SMILES string of the molecule is NC(=O)N1CCC[C@@H](CNc2nc(-c3ccc(N4CCOCC4)cc3)cc3nccnc23)C1. The molecule has 0 bridgehead atoms. The normalized spacial score (nSPS) is 19.0. The van der Waals surface area contributed by atoms with Crippen LogP contribution in [0.1, 0.15) is 12.8 Å².